The highest BCUT2D eigenvalue weighted by Crippen LogP contribution is 2.28. The van der Waals surface area contributed by atoms with Gasteiger partial charge in [0.1, 0.15) is 0 Å². The minimum atomic E-state index is -0.671. The molecule has 6 nitrogen and oxygen atoms in total. The van der Waals surface area contributed by atoms with Gasteiger partial charge in [-0.05, 0) is 17.0 Å². The number of esters is 1. The van der Waals surface area contributed by atoms with E-state index >= 15 is 0 Å². The number of ether oxygens (including phenoxy) is 1. The van der Waals surface area contributed by atoms with E-state index in [0.717, 1.165) is 17.5 Å². The number of carbonyl (C=O) groups excluding carboxylic acids is 3. The molecule has 28 heavy (non-hydrogen) atoms. The second-order valence-corrected chi connectivity index (χ2v) is 6.60. The molecule has 0 saturated heterocycles. The lowest BCUT2D eigenvalue weighted by molar-refractivity contribution is -0.151. The normalized spacial score (nSPS) is 12.5. The van der Waals surface area contributed by atoms with E-state index in [1.54, 1.807) is 0 Å². The number of amides is 3. The van der Waals surface area contributed by atoms with Gasteiger partial charge in [-0.1, -0.05) is 80.9 Å². The first-order valence-corrected chi connectivity index (χ1v) is 9.34. The maximum atomic E-state index is 12.5. The summed E-state index contributed by atoms with van der Waals surface area (Å²) in [5.41, 5.74) is 1.76. The van der Waals surface area contributed by atoms with Crippen LogP contribution in [0, 0.1) is 5.92 Å². The van der Waals surface area contributed by atoms with E-state index in [1.165, 1.54) is 0 Å². The Morgan fingerprint density at radius 2 is 1.57 bits per heavy atom. The molecule has 0 aliphatic carbocycles. The molecule has 6 heteroatoms. The Kier molecular flexibility index (Phi) is 8.21. The zero-order chi connectivity index (χ0) is 20.4. The van der Waals surface area contributed by atoms with E-state index in [-0.39, 0.29) is 5.92 Å². The number of imide groups is 1. The molecule has 0 saturated carbocycles. The quantitative estimate of drug-likeness (QED) is 0.686. The summed E-state index contributed by atoms with van der Waals surface area (Å²) < 4.78 is 5.18. The van der Waals surface area contributed by atoms with E-state index in [0.29, 0.717) is 6.54 Å². The van der Waals surface area contributed by atoms with Crippen LogP contribution in [0.15, 0.2) is 60.7 Å². The first-order valence-electron chi connectivity index (χ1n) is 9.34. The largest absolute Gasteiger partial charge is 0.455 e. The molecule has 0 fully saturated rings. The minimum Gasteiger partial charge on any atom is -0.455 e. The van der Waals surface area contributed by atoms with Crippen molar-refractivity contribution in [2.45, 2.75) is 32.7 Å². The highest BCUT2D eigenvalue weighted by Gasteiger charge is 2.27. The first-order chi connectivity index (χ1) is 13.5. The molecule has 2 unspecified atom stereocenters. The maximum absolute atomic E-state index is 12.5. The zero-order valence-corrected chi connectivity index (χ0v) is 16.2. The van der Waals surface area contributed by atoms with Gasteiger partial charge in [0.05, 0.1) is 5.92 Å². The summed E-state index contributed by atoms with van der Waals surface area (Å²) in [7, 11) is 0. The number of urea groups is 1. The smallest absolute Gasteiger partial charge is 0.321 e. The number of benzene rings is 2. The van der Waals surface area contributed by atoms with Crippen molar-refractivity contribution in [2.75, 3.05) is 6.61 Å². The molecular weight excluding hydrogens is 356 g/mol. The Morgan fingerprint density at radius 3 is 2.18 bits per heavy atom. The van der Waals surface area contributed by atoms with Crippen LogP contribution in [0.2, 0.25) is 0 Å². The molecule has 2 N–H and O–H groups in total. The van der Waals surface area contributed by atoms with Crippen molar-refractivity contribution in [1.29, 1.82) is 0 Å². The van der Waals surface area contributed by atoms with Gasteiger partial charge in [-0.3, -0.25) is 14.9 Å². The Balaban J connectivity index is 1.83. The number of rotatable bonds is 8. The van der Waals surface area contributed by atoms with Crippen LogP contribution in [0.5, 0.6) is 0 Å². The Labute approximate surface area is 165 Å². The van der Waals surface area contributed by atoms with Crippen molar-refractivity contribution in [3.05, 3.63) is 71.8 Å². The zero-order valence-electron chi connectivity index (χ0n) is 16.2. The summed E-state index contributed by atoms with van der Waals surface area (Å²) >= 11 is 0. The summed E-state index contributed by atoms with van der Waals surface area (Å²) in [6.45, 7) is 3.76. The molecule has 0 aliphatic rings. The number of carbonyl (C=O) groups is 3. The molecule has 3 amide bonds. The van der Waals surface area contributed by atoms with Crippen LogP contribution in [0.25, 0.3) is 0 Å². The summed E-state index contributed by atoms with van der Waals surface area (Å²) in [4.78, 5) is 36.3. The topological polar surface area (TPSA) is 84.5 Å². The minimum absolute atomic E-state index is 0.0622. The molecule has 0 aliphatic heterocycles. The molecule has 0 radical (unpaired) electrons. The molecule has 2 aromatic carbocycles. The van der Waals surface area contributed by atoms with Crippen molar-refractivity contribution in [2.24, 2.45) is 5.92 Å². The van der Waals surface area contributed by atoms with E-state index in [9.17, 15) is 14.4 Å². The molecule has 2 rings (SSSR count). The number of hydrogen-bond acceptors (Lipinski definition) is 4. The van der Waals surface area contributed by atoms with E-state index in [4.69, 9.17) is 4.74 Å². The maximum Gasteiger partial charge on any atom is 0.321 e. The predicted octanol–water partition coefficient (Wildman–Crippen LogP) is 3.39. The van der Waals surface area contributed by atoms with Gasteiger partial charge in [-0.2, -0.15) is 0 Å². The number of nitrogens with one attached hydrogen (secondary N) is 2. The van der Waals surface area contributed by atoms with Crippen LogP contribution in [0.1, 0.15) is 37.3 Å². The Bertz CT molecular complexity index is 778. The average Bonchev–Trinajstić information content (AvgIpc) is 2.72. The lowest BCUT2D eigenvalue weighted by atomic mass is 9.86. The highest BCUT2D eigenvalue weighted by molar-refractivity contribution is 5.95. The lowest BCUT2D eigenvalue weighted by Crippen LogP contribution is -2.41. The molecule has 0 spiro atoms. The van der Waals surface area contributed by atoms with Gasteiger partial charge in [0.25, 0.3) is 5.91 Å². The summed E-state index contributed by atoms with van der Waals surface area (Å²) in [5.74, 6) is -1.53. The second-order valence-electron chi connectivity index (χ2n) is 6.60. The molecule has 148 valence electrons. The van der Waals surface area contributed by atoms with Crippen LogP contribution < -0.4 is 10.6 Å². The predicted molar refractivity (Wildman–Crippen MR) is 106 cm³/mol. The van der Waals surface area contributed by atoms with E-state index in [2.05, 4.69) is 10.6 Å². The Hall–Kier alpha value is -3.15. The van der Waals surface area contributed by atoms with Gasteiger partial charge in [0, 0.05) is 6.54 Å². The van der Waals surface area contributed by atoms with E-state index < -0.39 is 30.4 Å². The van der Waals surface area contributed by atoms with Crippen molar-refractivity contribution in [3.8, 4) is 0 Å². The third kappa shape index (κ3) is 6.54. The van der Waals surface area contributed by atoms with Crippen LogP contribution >= 0.6 is 0 Å². The fraction of sp³-hybridized carbons (Fsp3) is 0.318. The molecule has 2 aromatic rings. The Morgan fingerprint density at radius 1 is 0.964 bits per heavy atom. The third-order valence-corrected chi connectivity index (χ3v) is 4.52. The van der Waals surface area contributed by atoms with Gasteiger partial charge < -0.3 is 10.1 Å². The van der Waals surface area contributed by atoms with Crippen LogP contribution in [-0.2, 0) is 20.9 Å². The fourth-order valence-corrected chi connectivity index (χ4v) is 2.80. The molecule has 0 heterocycles. The molecular formula is C22H26N2O4. The van der Waals surface area contributed by atoms with Crippen LogP contribution in [0.4, 0.5) is 4.79 Å². The molecule has 0 aromatic heterocycles. The lowest BCUT2D eigenvalue weighted by Gasteiger charge is -2.21. The molecule has 2 atom stereocenters. The number of hydrogen-bond donors (Lipinski definition) is 2. The van der Waals surface area contributed by atoms with Gasteiger partial charge in [-0.15, -0.1) is 0 Å². The van der Waals surface area contributed by atoms with Crippen LogP contribution in [-0.4, -0.2) is 24.5 Å². The monoisotopic (exact) mass is 382 g/mol. The summed E-state index contributed by atoms with van der Waals surface area (Å²) in [5, 5.41) is 4.74. The van der Waals surface area contributed by atoms with Crippen molar-refractivity contribution in [1.82, 2.24) is 10.6 Å². The first kappa shape index (κ1) is 21.2. The fourth-order valence-electron chi connectivity index (χ4n) is 2.80. The van der Waals surface area contributed by atoms with Crippen molar-refractivity contribution >= 4 is 17.9 Å². The third-order valence-electron chi connectivity index (χ3n) is 4.52. The van der Waals surface area contributed by atoms with Gasteiger partial charge in [-0.25, -0.2) is 4.79 Å². The summed E-state index contributed by atoms with van der Waals surface area (Å²) in [6, 6.07) is 18.0. The highest BCUT2D eigenvalue weighted by atomic mass is 16.5. The van der Waals surface area contributed by atoms with Gasteiger partial charge in [0.2, 0.25) is 0 Å². The second kappa shape index (κ2) is 10.9. The van der Waals surface area contributed by atoms with Crippen LogP contribution in [0.3, 0.4) is 0 Å². The van der Waals surface area contributed by atoms with E-state index in [1.807, 2.05) is 74.5 Å². The van der Waals surface area contributed by atoms with Crippen molar-refractivity contribution < 1.29 is 19.1 Å². The standard InChI is InChI=1S/C22H26N2O4/c1-3-16(2)20(18-12-8-5-9-13-18)21(26)28-15-19(25)24-22(27)23-14-17-10-6-4-7-11-17/h4-13,16,20H,3,14-15H2,1-2H3,(H2,23,24,25,27). The summed E-state index contributed by atoms with van der Waals surface area (Å²) in [6.07, 6.45) is 0.794. The van der Waals surface area contributed by atoms with Gasteiger partial charge in [0.15, 0.2) is 6.61 Å². The van der Waals surface area contributed by atoms with Gasteiger partial charge >= 0.3 is 12.0 Å². The molecule has 0 bridgehead atoms. The van der Waals surface area contributed by atoms with Crippen molar-refractivity contribution in [3.63, 3.8) is 0 Å². The SMILES string of the molecule is CCC(C)C(C(=O)OCC(=O)NC(=O)NCc1ccccc1)c1ccccc1. The average molecular weight is 382 g/mol.